The third-order valence-electron chi connectivity index (χ3n) is 3.78. The first-order valence-corrected chi connectivity index (χ1v) is 6.80. The highest BCUT2D eigenvalue weighted by Crippen LogP contribution is 2.23. The molecule has 0 spiro atoms. The number of rotatable bonds is 3. The predicted molar refractivity (Wildman–Crippen MR) is 75.9 cm³/mol. The number of aromatic nitrogens is 1. The molecule has 2 N–H and O–H groups in total. The molecule has 0 radical (unpaired) electrons. The Balaban J connectivity index is 2.23. The van der Waals surface area contributed by atoms with Crippen LogP contribution in [0.25, 0.3) is 0 Å². The summed E-state index contributed by atoms with van der Waals surface area (Å²) in [6.07, 6.45) is 0. The van der Waals surface area contributed by atoms with E-state index < -0.39 is 0 Å². The molecule has 2 rings (SSSR count). The highest BCUT2D eigenvalue weighted by Gasteiger charge is 2.20. The quantitative estimate of drug-likeness (QED) is 0.876. The molecule has 0 unspecified atom stereocenters. The summed E-state index contributed by atoms with van der Waals surface area (Å²) >= 11 is 0. The normalized spacial score (nSPS) is 17.2. The van der Waals surface area contributed by atoms with Crippen LogP contribution in [0.2, 0.25) is 0 Å². The third-order valence-corrected chi connectivity index (χ3v) is 3.78. The van der Waals surface area contributed by atoms with Gasteiger partial charge in [-0.3, -0.25) is 0 Å². The van der Waals surface area contributed by atoms with E-state index in [1.807, 2.05) is 0 Å². The number of nitrogens with two attached hydrogens (primary N) is 1. The van der Waals surface area contributed by atoms with Gasteiger partial charge in [0.25, 0.3) is 0 Å². The van der Waals surface area contributed by atoms with Crippen LogP contribution < -0.4 is 10.6 Å². The Bertz CT molecular complexity index is 409. The minimum absolute atomic E-state index is 0.572. The Morgan fingerprint density at radius 3 is 2.44 bits per heavy atom. The Morgan fingerprint density at radius 2 is 1.89 bits per heavy atom. The molecule has 0 saturated carbocycles. The summed E-state index contributed by atoms with van der Waals surface area (Å²) < 4.78 is 0. The first-order chi connectivity index (χ1) is 8.65. The molecule has 1 aromatic heterocycles. The number of piperazine rings is 1. The summed E-state index contributed by atoms with van der Waals surface area (Å²) in [6.45, 7) is 12.5. The van der Waals surface area contributed by atoms with E-state index in [4.69, 9.17) is 10.7 Å². The van der Waals surface area contributed by atoms with E-state index in [-0.39, 0.29) is 0 Å². The number of aryl methyl sites for hydroxylation is 2. The van der Waals surface area contributed by atoms with Gasteiger partial charge in [0.2, 0.25) is 0 Å². The van der Waals surface area contributed by atoms with Gasteiger partial charge >= 0.3 is 0 Å². The lowest BCUT2D eigenvalue weighted by Gasteiger charge is -2.36. The zero-order valence-corrected chi connectivity index (χ0v) is 11.7. The van der Waals surface area contributed by atoms with Crippen LogP contribution >= 0.6 is 0 Å². The fourth-order valence-corrected chi connectivity index (χ4v) is 2.63. The van der Waals surface area contributed by atoms with Crippen molar-refractivity contribution in [3.63, 3.8) is 0 Å². The second kappa shape index (κ2) is 5.67. The molecule has 0 bridgehead atoms. The molecule has 100 valence electrons. The smallest absolute Gasteiger partial charge is 0.133 e. The number of anilines is 1. The molecule has 0 aliphatic carbocycles. The Morgan fingerprint density at radius 1 is 1.22 bits per heavy atom. The lowest BCUT2D eigenvalue weighted by molar-refractivity contribution is 0.270. The maximum absolute atomic E-state index is 5.88. The van der Waals surface area contributed by atoms with Gasteiger partial charge in [0.05, 0.1) is 0 Å². The molecule has 1 aromatic rings. The zero-order chi connectivity index (χ0) is 13.1. The van der Waals surface area contributed by atoms with Crippen molar-refractivity contribution < 1.29 is 0 Å². The van der Waals surface area contributed by atoms with Gasteiger partial charge in [-0.25, -0.2) is 4.98 Å². The maximum atomic E-state index is 5.88. The summed E-state index contributed by atoms with van der Waals surface area (Å²) in [7, 11) is 0. The monoisotopic (exact) mass is 248 g/mol. The molecule has 0 aromatic carbocycles. The Kier molecular flexibility index (Phi) is 4.19. The van der Waals surface area contributed by atoms with Crippen LogP contribution in [-0.4, -0.2) is 42.6 Å². The molecule has 1 fully saturated rings. The van der Waals surface area contributed by atoms with Crippen LogP contribution in [-0.2, 0) is 6.54 Å². The van der Waals surface area contributed by atoms with Crippen molar-refractivity contribution in [3.8, 4) is 0 Å². The largest absolute Gasteiger partial charge is 0.354 e. The average molecular weight is 248 g/mol. The molecule has 4 nitrogen and oxygen atoms in total. The number of hydrogen-bond acceptors (Lipinski definition) is 4. The summed E-state index contributed by atoms with van der Waals surface area (Å²) in [5, 5.41) is 0. The molecule has 0 atom stereocenters. The molecule has 0 amide bonds. The summed E-state index contributed by atoms with van der Waals surface area (Å²) in [6, 6.07) is 2.12. The van der Waals surface area contributed by atoms with Crippen LogP contribution in [0.1, 0.15) is 23.7 Å². The SMILES string of the molecule is CCN1CCN(c2nc(C)cc(C)c2CN)CC1. The van der Waals surface area contributed by atoms with E-state index in [1.54, 1.807) is 0 Å². The predicted octanol–water partition coefficient (Wildman–Crippen LogP) is 1.30. The second-order valence-electron chi connectivity index (χ2n) is 5.01. The van der Waals surface area contributed by atoms with Crippen LogP contribution in [0.15, 0.2) is 6.07 Å². The zero-order valence-electron chi connectivity index (χ0n) is 11.7. The van der Waals surface area contributed by atoms with E-state index >= 15 is 0 Å². The van der Waals surface area contributed by atoms with Crippen molar-refractivity contribution >= 4 is 5.82 Å². The maximum Gasteiger partial charge on any atom is 0.133 e. The topological polar surface area (TPSA) is 45.4 Å². The average Bonchev–Trinajstić information content (AvgIpc) is 2.38. The van der Waals surface area contributed by atoms with Gasteiger partial charge in [0.1, 0.15) is 5.82 Å². The summed E-state index contributed by atoms with van der Waals surface area (Å²) in [5.41, 5.74) is 9.43. The fraction of sp³-hybridized carbons (Fsp3) is 0.643. The molecule has 4 heteroatoms. The minimum Gasteiger partial charge on any atom is -0.354 e. The van der Waals surface area contributed by atoms with Gasteiger partial charge in [-0.2, -0.15) is 0 Å². The summed E-state index contributed by atoms with van der Waals surface area (Å²) in [5.74, 6) is 1.10. The van der Waals surface area contributed by atoms with Crippen molar-refractivity contribution in [2.45, 2.75) is 27.3 Å². The first kappa shape index (κ1) is 13.3. The van der Waals surface area contributed by atoms with Crippen molar-refractivity contribution in [1.82, 2.24) is 9.88 Å². The van der Waals surface area contributed by atoms with Crippen LogP contribution in [0.3, 0.4) is 0 Å². The van der Waals surface area contributed by atoms with E-state index in [1.165, 1.54) is 11.1 Å². The first-order valence-electron chi connectivity index (χ1n) is 6.80. The van der Waals surface area contributed by atoms with E-state index in [0.29, 0.717) is 6.54 Å². The number of likely N-dealkylation sites (N-methyl/N-ethyl adjacent to an activating group) is 1. The molecule has 1 aliphatic heterocycles. The van der Waals surface area contributed by atoms with Gasteiger partial charge < -0.3 is 15.5 Å². The van der Waals surface area contributed by atoms with Crippen molar-refractivity contribution in [1.29, 1.82) is 0 Å². The minimum atomic E-state index is 0.572. The number of pyridine rings is 1. The molecule has 2 heterocycles. The Hall–Kier alpha value is -1.13. The van der Waals surface area contributed by atoms with E-state index in [2.05, 4.69) is 36.6 Å². The highest BCUT2D eigenvalue weighted by atomic mass is 15.3. The van der Waals surface area contributed by atoms with Crippen LogP contribution in [0.4, 0.5) is 5.82 Å². The van der Waals surface area contributed by atoms with Crippen molar-refractivity contribution in [2.75, 3.05) is 37.6 Å². The van der Waals surface area contributed by atoms with Gasteiger partial charge in [0, 0.05) is 44.0 Å². The molecular weight excluding hydrogens is 224 g/mol. The van der Waals surface area contributed by atoms with Crippen LogP contribution in [0.5, 0.6) is 0 Å². The van der Waals surface area contributed by atoms with Crippen molar-refractivity contribution in [3.05, 3.63) is 22.9 Å². The lowest BCUT2D eigenvalue weighted by Crippen LogP contribution is -2.47. The number of nitrogens with zero attached hydrogens (tertiary/aromatic N) is 3. The highest BCUT2D eigenvalue weighted by molar-refractivity contribution is 5.52. The van der Waals surface area contributed by atoms with Gasteiger partial charge in [-0.15, -0.1) is 0 Å². The van der Waals surface area contributed by atoms with Gasteiger partial charge in [0.15, 0.2) is 0 Å². The van der Waals surface area contributed by atoms with Gasteiger partial charge in [-0.1, -0.05) is 6.92 Å². The molecule has 1 saturated heterocycles. The van der Waals surface area contributed by atoms with Gasteiger partial charge in [-0.05, 0) is 32.0 Å². The standard InChI is InChI=1S/C14H24N4/c1-4-17-5-7-18(8-6-17)14-13(10-15)11(2)9-12(3)16-14/h9H,4-8,10,15H2,1-3H3. The van der Waals surface area contributed by atoms with Crippen LogP contribution in [0, 0.1) is 13.8 Å². The lowest BCUT2D eigenvalue weighted by atomic mass is 10.1. The van der Waals surface area contributed by atoms with Crippen molar-refractivity contribution in [2.24, 2.45) is 5.73 Å². The summed E-state index contributed by atoms with van der Waals surface area (Å²) in [4.78, 5) is 9.56. The molecular formula is C14H24N4. The molecule has 1 aliphatic rings. The Labute approximate surface area is 110 Å². The fourth-order valence-electron chi connectivity index (χ4n) is 2.63. The van der Waals surface area contributed by atoms with E-state index in [9.17, 15) is 0 Å². The third kappa shape index (κ3) is 2.65. The second-order valence-corrected chi connectivity index (χ2v) is 5.01. The number of hydrogen-bond donors (Lipinski definition) is 1. The van der Waals surface area contributed by atoms with E-state index in [0.717, 1.165) is 44.2 Å². The molecule has 18 heavy (non-hydrogen) atoms.